The van der Waals surface area contributed by atoms with Gasteiger partial charge in [-0.3, -0.25) is 19.3 Å². The Labute approximate surface area is 346 Å². The maximum atomic E-state index is 13.9. The molecule has 7 rings (SSSR count). The van der Waals surface area contributed by atoms with Gasteiger partial charge in [-0.25, -0.2) is 4.79 Å². The summed E-state index contributed by atoms with van der Waals surface area (Å²) in [5.74, 6) is -1.56. The van der Waals surface area contributed by atoms with Crippen molar-refractivity contribution in [1.82, 2.24) is 10.2 Å². The second-order valence-electron chi connectivity index (χ2n) is 13.8. The molecular weight excluding hydrogens is 765 g/mol. The number of ether oxygens (including phenoxy) is 1. The fourth-order valence-electron chi connectivity index (χ4n) is 6.94. The summed E-state index contributed by atoms with van der Waals surface area (Å²) in [5, 5.41) is 10.8. The Morgan fingerprint density at radius 3 is 2.34 bits per heavy atom. The quantitative estimate of drug-likeness (QED) is 0.0570. The highest BCUT2D eigenvalue weighted by Gasteiger charge is 2.31. The highest BCUT2D eigenvalue weighted by atomic mass is 32.2. The van der Waals surface area contributed by atoms with Crippen LogP contribution in [0.25, 0.3) is 16.8 Å². The molecule has 58 heavy (non-hydrogen) atoms. The van der Waals surface area contributed by atoms with E-state index in [0.717, 1.165) is 44.8 Å². The van der Waals surface area contributed by atoms with E-state index in [9.17, 15) is 19.2 Å². The van der Waals surface area contributed by atoms with Crippen molar-refractivity contribution < 1.29 is 23.9 Å². The van der Waals surface area contributed by atoms with Crippen LogP contribution in [0.2, 0.25) is 0 Å². The Balaban J connectivity index is 1.08. The molecule has 11 heteroatoms. The van der Waals surface area contributed by atoms with Gasteiger partial charge in [-0.1, -0.05) is 104 Å². The first-order valence-corrected chi connectivity index (χ1v) is 21.0. The Morgan fingerprint density at radius 2 is 1.57 bits per heavy atom. The smallest absolute Gasteiger partial charge is 0.341 e. The lowest BCUT2D eigenvalue weighted by Gasteiger charge is -2.27. The Hall–Kier alpha value is -6.01. The SMILES string of the molecule is CCOC(=O)c1c(NC(=O)C(CC)Sc2cccc(NC(=O)/C(=C\c3cccc4ccccc34)NC(=O)c3ccccc3)c2)sc2c1CCN(Cc1ccccc1)C2. The minimum atomic E-state index is -0.500. The highest BCUT2D eigenvalue weighted by molar-refractivity contribution is 8.00. The van der Waals surface area contributed by atoms with E-state index < -0.39 is 23.0 Å². The van der Waals surface area contributed by atoms with Gasteiger partial charge in [0.2, 0.25) is 5.91 Å². The van der Waals surface area contributed by atoms with Gasteiger partial charge in [0.15, 0.2) is 0 Å². The number of hydrogen-bond donors (Lipinski definition) is 3. The molecule has 5 aromatic carbocycles. The molecule has 6 aromatic rings. The number of nitrogens with zero attached hydrogens (tertiary/aromatic N) is 1. The summed E-state index contributed by atoms with van der Waals surface area (Å²) in [6.07, 6.45) is 2.88. The van der Waals surface area contributed by atoms with Gasteiger partial charge in [0.25, 0.3) is 11.8 Å². The zero-order valence-corrected chi connectivity index (χ0v) is 34.0. The molecule has 2 heterocycles. The van der Waals surface area contributed by atoms with Crippen LogP contribution in [0.5, 0.6) is 0 Å². The van der Waals surface area contributed by atoms with E-state index in [1.807, 2.05) is 91.9 Å². The lowest BCUT2D eigenvalue weighted by Crippen LogP contribution is -2.30. The number of amides is 3. The fraction of sp³-hybridized carbons (Fsp3) is 0.191. The van der Waals surface area contributed by atoms with Crippen molar-refractivity contribution in [2.45, 2.75) is 49.9 Å². The van der Waals surface area contributed by atoms with Crippen molar-refractivity contribution >= 4 is 74.3 Å². The lowest BCUT2D eigenvalue weighted by molar-refractivity contribution is -0.116. The van der Waals surface area contributed by atoms with Crippen molar-refractivity contribution in [2.24, 2.45) is 0 Å². The molecule has 3 N–H and O–H groups in total. The van der Waals surface area contributed by atoms with E-state index in [2.05, 4.69) is 33.0 Å². The van der Waals surface area contributed by atoms with Crippen LogP contribution in [0.4, 0.5) is 10.7 Å². The predicted molar refractivity (Wildman–Crippen MR) is 234 cm³/mol. The minimum absolute atomic E-state index is 0.0771. The topological polar surface area (TPSA) is 117 Å². The first-order valence-electron chi connectivity index (χ1n) is 19.3. The molecule has 1 aromatic heterocycles. The van der Waals surface area contributed by atoms with Crippen molar-refractivity contribution in [3.8, 4) is 0 Å². The van der Waals surface area contributed by atoms with Gasteiger partial charge in [0.1, 0.15) is 10.7 Å². The predicted octanol–water partition coefficient (Wildman–Crippen LogP) is 9.56. The summed E-state index contributed by atoms with van der Waals surface area (Å²) in [5.41, 5.74) is 4.39. The molecule has 0 saturated heterocycles. The van der Waals surface area contributed by atoms with Crippen LogP contribution in [0, 0.1) is 0 Å². The van der Waals surface area contributed by atoms with E-state index in [0.29, 0.717) is 41.2 Å². The first-order chi connectivity index (χ1) is 28.3. The number of thioether (sulfide) groups is 1. The number of rotatable bonds is 14. The number of benzene rings is 5. The number of esters is 1. The van der Waals surface area contributed by atoms with Crippen LogP contribution in [0.3, 0.4) is 0 Å². The number of carbonyl (C=O) groups is 4. The fourth-order valence-corrected chi connectivity index (χ4v) is 9.23. The third kappa shape index (κ3) is 9.74. The molecule has 0 spiro atoms. The molecule has 1 aliphatic heterocycles. The van der Waals surface area contributed by atoms with E-state index >= 15 is 0 Å². The van der Waals surface area contributed by atoms with Gasteiger partial charge in [-0.05, 0) is 83.6 Å². The minimum Gasteiger partial charge on any atom is -0.462 e. The Kier molecular flexibility index (Phi) is 13.1. The van der Waals surface area contributed by atoms with Gasteiger partial charge in [-0.15, -0.1) is 23.1 Å². The molecular formula is C47H44N4O5S2. The first kappa shape index (κ1) is 40.2. The van der Waals surface area contributed by atoms with Crippen LogP contribution in [0.15, 0.2) is 138 Å². The summed E-state index contributed by atoms with van der Waals surface area (Å²) in [6, 6.07) is 40.0. The number of hydrogen-bond acceptors (Lipinski definition) is 8. The molecule has 0 saturated carbocycles. The zero-order chi connectivity index (χ0) is 40.4. The second-order valence-corrected chi connectivity index (χ2v) is 16.2. The number of thiophene rings is 1. The van der Waals surface area contributed by atoms with E-state index in [-0.39, 0.29) is 18.2 Å². The average molecular weight is 809 g/mol. The average Bonchev–Trinajstić information content (AvgIpc) is 3.60. The monoisotopic (exact) mass is 808 g/mol. The standard InChI is InChI=1S/C47H44N4O5S2/c1-3-40(45(54)50-46-42(47(55)56-4-2)38-25-26-51(30-41(38)58-46)29-31-15-7-5-8-16-31)57-36-23-14-22-35(28-36)48-44(53)39(49-43(52)33-18-9-6-10-19-33)27-34-21-13-20-32-17-11-12-24-37(32)34/h5-24,27-28,40H,3-4,25-26,29-30H2,1-2H3,(H,48,53)(H,49,52)(H,50,54)/b39-27+. The normalized spacial score (nSPS) is 13.3. The van der Waals surface area contributed by atoms with Crippen LogP contribution < -0.4 is 16.0 Å². The van der Waals surface area contributed by atoms with E-state index in [1.54, 1.807) is 43.3 Å². The zero-order valence-electron chi connectivity index (χ0n) is 32.3. The number of anilines is 2. The summed E-state index contributed by atoms with van der Waals surface area (Å²) < 4.78 is 5.47. The molecule has 0 radical (unpaired) electrons. The van der Waals surface area contributed by atoms with Gasteiger partial charge in [0, 0.05) is 40.7 Å². The molecule has 1 atom stereocenters. The van der Waals surface area contributed by atoms with Gasteiger partial charge < -0.3 is 20.7 Å². The van der Waals surface area contributed by atoms with Gasteiger partial charge in [0.05, 0.1) is 17.4 Å². The molecule has 1 aliphatic rings. The highest BCUT2D eigenvalue weighted by Crippen LogP contribution is 2.39. The van der Waals surface area contributed by atoms with Crippen LogP contribution in [-0.2, 0) is 33.8 Å². The van der Waals surface area contributed by atoms with E-state index in [1.165, 1.54) is 28.7 Å². The lowest BCUT2D eigenvalue weighted by atomic mass is 10.0. The molecule has 0 bridgehead atoms. The van der Waals surface area contributed by atoms with Crippen LogP contribution >= 0.6 is 23.1 Å². The van der Waals surface area contributed by atoms with Crippen LogP contribution in [-0.4, -0.2) is 47.0 Å². The number of fused-ring (bicyclic) bond motifs is 2. The summed E-state index contributed by atoms with van der Waals surface area (Å²) in [6.45, 7) is 6.22. The Morgan fingerprint density at radius 1 is 0.845 bits per heavy atom. The molecule has 294 valence electrons. The second kappa shape index (κ2) is 19.0. The third-order valence-electron chi connectivity index (χ3n) is 9.79. The largest absolute Gasteiger partial charge is 0.462 e. The Bertz CT molecular complexity index is 2460. The van der Waals surface area contributed by atoms with Gasteiger partial charge in [-0.2, -0.15) is 0 Å². The summed E-state index contributed by atoms with van der Waals surface area (Å²) in [7, 11) is 0. The molecule has 0 aliphatic carbocycles. The third-order valence-corrected chi connectivity index (χ3v) is 12.3. The van der Waals surface area contributed by atoms with Crippen molar-refractivity contribution in [1.29, 1.82) is 0 Å². The van der Waals surface area contributed by atoms with Crippen molar-refractivity contribution in [2.75, 3.05) is 23.8 Å². The van der Waals surface area contributed by atoms with Gasteiger partial charge >= 0.3 is 5.97 Å². The van der Waals surface area contributed by atoms with Crippen LogP contribution in [0.1, 0.15) is 62.6 Å². The molecule has 9 nitrogen and oxygen atoms in total. The summed E-state index contributed by atoms with van der Waals surface area (Å²) in [4.78, 5) is 58.6. The number of nitrogens with one attached hydrogen (secondary N) is 3. The maximum absolute atomic E-state index is 13.9. The number of carbonyl (C=O) groups excluding carboxylic acids is 4. The maximum Gasteiger partial charge on any atom is 0.341 e. The molecule has 3 amide bonds. The van der Waals surface area contributed by atoms with E-state index in [4.69, 9.17) is 4.74 Å². The molecule has 1 unspecified atom stereocenters. The van der Waals surface area contributed by atoms with Crippen molar-refractivity contribution in [3.63, 3.8) is 0 Å². The van der Waals surface area contributed by atoms with Crippen molar-refractivity contribution in [3.05, 3.63) is 166 Å². The summed E-state index contributed by atoms with van der Waals surface area (Å²) >= 11 is 2.81. The molecule has 0 fully saturated rings.